The second-order valence-electron chi connectivity index (χ2n) is 4.50. The van der Waals surface area contributed by atoms with Crippen molar-refractivity contribution in [3.63, 3.8) is 0 Å². The maximum atomic E-state index is 12.3. The Kier molecular flexibility index (Phi) is 5.27. The molecule has 0 radical (unpaired) electrons. The molecular weight excluding hydrogens is 286 g/mol. The largest absolute Gasteiger partial charge is 0.492 e. The highest BCUT2D eigenvalue weighted by Crippen LogP contribution is 2.26. The van der Waals surface area contributed by atoms with Gasteiger partial charge in [-0.25, -0.2) is 4.98 Å². The maximum absolute atomic E-state index is 12.3. The zero-order valence-electron chi connectivity index (χ0n) is 12.4. The number of amides is 1. The number of thioether (sulfide) groups is 1. The SMILES string of the molecule is CCOc1ccccc1NC(=O)C(C)Sc1nccn1C. The van der Waals surface area contributed by atoms with Crippen molar-refractivity contribution in [1.29, 1.82) is 0 Å². The Balaban J connectivity index is 2.02. The lowest BCUT2D eigenvalue weighted by molar-refractivity contribution is -0.115. The summed E-state index contributed by atoms with van der Waals surface area (Å²) in [6, 6.07) is 7.43. The molecule has 1 heterocycles. The summed E-state index contributed by atoms with van der Waals surface area (Å²) in [6.45, 7) is 4.33. The summed E-state index contributed by atoms with van der Waals surface area (Å²) in [4.78, 5) is 16.5. The molecule has 1 aromatic carbocycles. The van der Waals surface area contributed by atoms with Gasteiger partial charge in [0.15, 0.2) is 5.16 Å². The Hall–Kier alpha value is -1.95. The van der Waals surface area contributed by atoms with Gasteiger partial charge in [-0.15, -0.1) is 0 Å². The number of nitrogens with zero attached hydrogens (tertiary/aromatic N) is 2. The Morgan fingerprint density at radius 1 is 1.48 bits per heavy atom. The molecule has 0 bridgehead atoms. The summed E-state index contributed by atoms with van der Waals surface area (Å²) in [5.74, 6) is 0.609. The summed E-state index contributed by atoms with van der Waals surface area (Å²) in [7, 11) is 1.91. The van der Waals surface area contributed by atoms with Crippen LogP contribution in [0.15, 0.2) is 41.8 Å². The maximum Gasteiger partial charge on any atom is 0.237 e. The van der Waals surface area contributed by atoms with E-state index < -0.39 is 0 Å². The quantitative estimate of drug-likeness (QED) is 0.834. The lowest BCUT2D eigenvalue weighted by Crippen LogP contribution is -2.23. The van der Waals surface area contributed by atoms with Crippen molar-refractivity contribution in [3.8, 4) is 5.75 Å². The molecule has 1 aromatic heterocycles. The van der Waals surface area contributed by atoms with Gasteiger partial charge in [-0.2, -0.15) is 0 Å². The van der Waals surface area contributed by atoms with Crippen molar-refractivity contribution >= 4 is 23.4 Å². The smallest absolute Gasteiger partial charge is 0.237 e. The molecule has 0 saturated carbocycles. The van der Waals surface area contributed by atoms with E-state index in [4.69, 9.17) is 4.74 Å². The third kappa shape index (κ3) is 4.01. The first-order chi connectivity index (χ1) is 10.1. The number of aryl methyl sites for hydroxylation is 1. The van der Waals surface area contributed by atoms with Crippen LogP contribution in [0.4, 0.5) is 5.69 Å². The molecule has 5 nitrogen and oxygen atoms in total. The molecular formula is C15H19N3O2S. The monoisotopic (exact) mass is 305 g/mol. The lowest BCUT2D eigenvalue weighted by Gasteiger charge is -2.14. The van der Waals surface area contributed by atoms with Gasteiger partial charge < -0.3 is 14.6 Å². The zero-order valence-corrected chi connectivity index (χ0v) is 13.2. The lowest BCUT2D eigenvalue weighted by atomic mass is 10.3. The molecule has 112 valence electrons. The highest BCUT2D eigenvalue weighted by atomic mass is 32.2. The van der Waals surface area contributed by atoms with E-state index >= 15 is 0 Å². The van der Waals surface area contributed by atoms with Crippen LogP contribution in [0.25, 0.3) is 0 Å². The number of rotatable bonds is 6. The van der Waals surface area contributed by atoms with Crippen LogP contribution < -0.4 is 10.1 Å². The summed E-state index contributed by atoms with van der Waals surface area (Å²) in [5, 5.41) is 3.47. The Bertz CT molecular complexity index is 612. The number of carbonyl (C=O) groups is 1. The van der Waals surface area contributed by atoms with Gasteiger partial charge in [-0.3, -0.25) is 4.79 Å². The van der Waals surface area contributed by atoms with Gasteiger partial charge in [0, 0.05) is 19.4 Å². The third-order valence-electron chi connectivity index (χ3n) is 2.87. The summed E-state index contributed by atoms with van der Waals surface area (Å²) in [6.07, 6.45) is 3.58. The summed E-state index contributed by atoms with van der Waals surface area (Å²) < 4.78 is 7.40. The van der Waals surface area contributed by atoms with Crippen LogP contribution in [-0.2, 0) is 11.8 Å². The van der Waals surface area contributed by atoms with Crippen LogP contribution in [0.5, 0.6) is 5.75 Å². The Morgan fingerprint density at radius 2 is 2.24 bits per heavy atom. The number of anilines is 1. The molecule has 0 aliphatic rings. The molecule has 1 atom stereocenters. The predicted molar refractivity (Wildman–Crippen MR) is 84.8 cm³/mol. The van der Waals surface area contributed by atoms with Crippen molar-refractivity contribution in [2.24, 2.45) is 7.05 Å². The van der Waals surface area contributed by atoms with Crippen molar-refractivity contribution in [2.75, 3.05) is 11.9 Å². The molecule has 1 unspecified atom stereocenters. The second-order valence-corrected chi connectivity index (χ2v) is 5.81. The molecule has 0 fully saturated rings. The summed E-state index contributed by atoms with van der Waals surface area (Å²) in [5.41, 5.74) is 0.691. The van der Waals surface area contributed by atoms with Gasteiger partial charge in [0.2, 0.25) is 5.91 Å². The highest BCUT2D eigenvalue weighted by Gasteiger charge is 2.18. The number of imidazole rings is 1. The van der Waals surface area contributed by atoms with E-state index in [2.05, 4.69) is 10.3 Å². The topological polar surface area (TPSA) is 56.1 Å². The number of aromatic nitrogens is 2. The minimum Gasteiger partial charge on any atom is -0.492 e. The van der Waals surface area contributed by atoms with Crippen LogP contribution in [-0.4, -0.2) is 27.3 Å². The van der Waals surface area contributed by atoms with E-state index in [1.807, 2.05) is 55.9 Å². The van der Waals surface area contributed by atoms with Crippen molar-refractivity contribution in [3.05, 3.63) is 36.7 Å². The molecule has 0 aliphatic carbocycles. The molecule has 2 rings (SSSR count). The van der Waals surface area contributed by atoms with Crippen molar-refractivity contribution < 1.29 is 9.53 Å². The number of hydrogen-bond donors (Lipinski definition) is 1. The van der Waals surface area contributed by atoms with E-state index in [1.165, 1.54) is 11.8 Å². The van der Waals surface area contributed by atoms with E-state index in [9.17, 15) is 4.79 Å². The van der Waals surface area contributed by atoms with Gasteiger partial charge in [-0.05, 0) is 26.0 Å². The summed E-state index contributed by atoms with van der Waals surface area (Å²) >= 11 is 1.42. The van der Waals surface area contributed by atoms with E-state index in [1.54, 1.807) is 6.20 Å². The number of ether oxygens (including phenoxy) is 1. The Labute approximate surface area is 128 Å². The van der Waals surface area contributed by atoms with Gasteiger partial charge in [-0.1, -0.05) is 23.9 Å². The molecule has 0 aliphatic heterocycles. The molecule has 0 spiro atoms. The van der Waals surface area contributed by atoms with Gasteiger partial charge >= 0.3 is 0 Å². The Morgan fingerprint density at radius 3 is 2.90 bits per heavy atom. The highest BCUT2D eigenvalue weighted by molar-refractivity contribution is 8.00. The number of para-hydroxylation sites is 2. The fraction of sp³-hybridized carbons (Fsp3) is 0.333. The van der Waals surface area contributed by atoms with Crippen LogP contribution in [0, 0.1) is 0 Å². The predicted octanol–water partition coefficient (Wildman–Crippen LogP) is 2.94. The van der Waals surface area contributed by atoms with Gasteiger partial charge in [0.05, 0.1) is 17.5 Å². The fourth-order valence-corrected chi connectivity index (χ4v) is 2.59. The minimum absolute atomic E-state index is 0.0739. The average molecular weight is 305 g/mol. The van der Waals surface area contributed by atoms with Crippen molar-refractivity contribution in [2.45, 2.75) is 24.3 Å². The first-order valence-corrected chi connectivity index (χ1v) is 7.66. The molecule has 21 heavy (non-hydrogen) atoms. The van der Waals surface area contributed by atoms with Crippen LogP contribution in [0.3, 0.4) is 0 Å². The zero-order chi connectivity index (χ0) is 15.2. The van der Waals surface area contributed by atoms with Crippen molar-refractivity contribution in [1.82, 2.24) is 9.55 Å². The number of hydrogen-bond acceptors (Lipinski definition) is 4. The molecule has 0 saturated heterocycles. The second kappa shape index (κ2) is 7.17. The minimum atomic E-state index is -0.249. The van der Waals surface area contributed by atoms with Crippen LogP contribution in [0.2, 0.25) is 0 Å². The van der Waals surface area contributed by atoms with Gasteiger partial charge in [0.25, 0.3) is 0 Å². The number of carbonyl (C=O) groups excluding carboxylic acids is 1. The molecule has 2 aromatic rings. The standard InChI is InChI=1S/C15H19N3O2S/c1-4-20-13-8-6-5-7-12(13)17-14(19)11(2)21-15-16-9-10-18(15)3/h5-11H,4H2,1-3H3,(H,17,19). The van der Waals surface area contributed by atoms with Crippen LogP contribution >= 0.6 is 11.8 Å². The van der Waals surface area contributed by atoms with E-state index in [-0.39, 0.29) is 11.2 Å². The number of benzene rings is 1. The van der Waals surface area contributed by atoms with E-state index in [0.717, 1.165) is 5.16 Å². The fourth-order valence-electron chi connectivity index (χ4n) is 1.76. The molecule has 1 N–H and O–H groups in total. The first kappa shape index (κ1) is 15.4. The van der Waals surface area contributed by atoms with Crippen LogP contribution in [0.1, 0.15) is 13.8 Å². The normalized spacial score (nSPS) is 12.0. The van der Waals surface area contributed by atoms with Gasteiger partial charge in [0.1, 0.15) is 5.75 Å². The average Bonchev–Trinajstić information content (AvgIpc) is 2.86. The van der Waals surface area contributed by atoms with E-state index in [0.29, 0.717) is 18.0 Å². The number of nitrogens with one attached hydrogen (secondary N) is 1. The molecule has 6 heteroatoms. The molecule has 1 amide bonds. The third-order valence-corrected chi connectivity index (χ3v) is 4.04. The first-order valence-electron chi connectivity index (χ1n) is 6.78.